The Kier molecular flexibility index (Phi) is 6.08. The summed E-state index contributed by atoms with van der Waals surface area (Å²) in [5.74, 6) is 1.05. The fourth-order valence-electron chi connectivity index (χ4n) is 1.47. The third kappa shape index (κ3) is 4.75. The first kappa shape index (κ1) is 13.2. The summed E-state index contributed by atoms with van der Waals surface area (Å²) in [7, 11) is 0. The summed E-state index contributed by atoms with van der Waals surface area (Å²) in [6.45, 7) is 6.45. The molecule has 90 valence electrons. The van der Waals surface area contributed by atoms with Crippen LogP contribution in [-0.2, 0) is 11.4 Å². The highest BCUT2D eigenvalue weighted by molar-refractivity contribution is 5.13. The van der Waals surface area contributed by atoms with Crippen LogP contribution in [0.1, 0.15) is 19.4 Å². The van der Waals surface area contributed by atoms with Crippen molar-refractivity contribution in [1.29, 1.82) is 0 Å². The summed E-state index contributed by atoms with van der Waals surface area (Å²) in [4.78, 5) is 5.40. The van der Waals surface area contributed by atoms with E-state index < -0.39 is 0 Å². The Morgan fingerprint density at radius 2 is 1.94 bits per heavy atom. The molecule has 0 aromatic heterocycles. The molecule has 0 aliphatic heterocycles. The average Bonchev–Trinajstić information content (AvgIpc) is 2.30. The molecule has 1 aromatic rings. The van der Waals surface area contributed by atoms with Gasteiger partial charge in [-0.05, 0) is 23.9 Å². The molecule has 0 bridgehead atoms. The molecule has 0 spiro atoms. The van der Waals surface area contributed by atoms with Crippen LogP contribution in [0.15, 0.2) is 30.3 Å². The van der Waals surface area contributed by atoms with E-state index >= 15 is 0 Å². The van der Waals surface area contributed by atoms with E-state index in [-0.39, 0.29) is 0 Å². The van der Waals surface area contributed by atoms with Crippen LogP contribution in [0.5, 0.6) is 0 Å². The lowest BCUT2D eigenvalue weighted by atomic mass is 9.96. The van der Waals surface area contributed by atoms with E-state index in [1.54, 1.807) is 0 Å². The Bertz CT molecular complexity index is 275. The Morgan fingerprint density at radius 1 is 1.25 bits per heavy atom. The average molecular weight is 222 g/mol. The second kappa shape index (κ2) is 7.39. The Labute approximate surface area is 97.9 Å². The van der Waals surface area contributed by atoms with Gasteiger partial charge in [0.1, 0.15) is 0 Å². The van der Waals surface area contributed by atoms with Crippen molar-refractivity contribution in [2.24, 2.45) is 17.6 Å². The van der Waals surface area contributed by atoms with Crippen molar-refractivity contribution in [3.63, 3.8) is 0 Å². The number of nitrogens with one attached hydrogen (secondary N) is 1. The van der Waals surface area contributed by atoms with Crippen molar-refractivity contribution in [3.05, 3.63) is 35.9 Å². The normalized spacial score (nSPS) is 13.0. The fraction of sp³-hybridized carbons (Fsp3) is 0.538. The zero-order valence-electron chi connectivity index (χ0n) is 10.1. The molecule has 0 saturated carbocycles. The lowest BCUT2D eigenvalue weighted by Gasteiger charge is -2.18. The van der Waals surface area contributed by atoms with Crippen molar-refractivity contribution < 1.29 is 4.84 Å². The summed E-state index contributed by atoms with van der Waals surface area (Å²) >= 11 is 0. The van der Waals surface area contributed by atoms with Crippen molar-refractivity contribution in [3.8, 4) is 0 Å². The summed E-state index contributed by atoms with van der Waals surface area (Å²) in [5.41, 5.74) is 9.83. The molecule has 1 unspecified atom stereocenters. The molecular weight excluding hydrogens is 200 g/mol. The summed E-state index contributed by atoms with van der Waals surface area (Å²) in [6, 6.07) is 10.1. The van der Waals surface area contributed by atoms with Gasteiger partial charge in [0.15, 0.2) is 0 Å². The van der Waals surface area contributed by atoms with Gasteiger partial charge in [0.25, 0.3) is 0 Å². The molecule has 0 amide bonds. The van der Waals surface area contributed by atoms with E-state index in [1.807, 2.05) is 30.3 Å². The fourth-order valence-corrected chi connectivity index (χ4v) is 1.47. The van der Waals surface area contributed by atoms with E-state index in [4.69, 9.17) is 10.6 Å². The van der Waals surface area contributed by atoms with Crippen LogP contribution in [0.4, 0.5) is 0 Å². The molecular formula is C13H22N2O. The second-order valence-electron chi connectivity index (χ2n) is 4.36. The Balaban J connectivity index is 2.16. The SMILES string of the molecule is CC(C)C(CN)CNOCc1ccccc1. The lowest BCUT2D eigenvalue weighted by Crippen LogP contribution is -2.31. The highest BCUT2D eigenvalue weighted by Crippen LogP contribution is 2.07. The monoisotopic (exact) mass is 222 g/mol. The number of rotatable bonds is 7. The second-order valence-corrected chi connectivity index (χ2v) is 4.36. The third-order valence-corrected chi connectivity index (χ3v) is 2.77. The van der Waals surface area contributed by atoms with Gasteiger partial charge in [-0.2, -0.15) is 0 Å². The van der Waals surface area contributed by atoms with Crippen LogP contribution in [-0.4, -0.2) is 13.1 Å². The van der Waals surface area contributed by atoms with Crippen LogP contribution in [0.3, 0.4) is 0 Å². The highest BCUT2D eigenvalue weighted by atomic mass is 16.6. The maximum absolute atomic E-state index is 5.67. The zero-order chi connectivity index (χ0) is 11.8. The first-order chi connectivity index (χ1) is 7.74. The molecule has 0 radical (unpaired) electrons. The smallest absolute Gasteiger partial charge is 0.0933 e. The molecule has 1 rings (SSSR count). The van der Waals surface area contributed by atoms with Gasteiger partial charge in [-0.15, -0.1) is 0 Å². The van der Waals surface area contributed by atoms with E-state index in [2.05, 4.69) is 19.3 Å². The standard InChI is InChI=1S/C13H22N2O/c1-11(2)13(8-14)9-15-16-10-12-6-4-3-5-7-12/h3-7,11,13,15H,8-10,14H2,1-2H3. The van der Waals surface area contributed by atoms with Gasteiger partial charge >= 0.3 is 0 Å². The molecule has 0 aliphatic carbocycles. The quantitative estimate of drug-likeness (QED) is 0.547. The molecule has 3 heteroatoms. The number of hydrogen-bond donors (Lipinski definition) is 2. The minimum absolute atomic E-state index is 0.468. The first-order valence-electron chi connectivity index (χ1n) is 5.82. The maximum Gasteiger partial charge on any atom is 0.0933 e. The molecule has 0 fully saturated rings. The largest absolute Gasteiger partial charge is 0.330 e. The molecule has 0 aliphatic rings. The third-order valence-electron chi connectivity index (χ3n) is 2.77. The van der Waals surface area contributed by atoms with Crippen molar-refractivity contribution in [1.82, 2.24) is 5.48 Å². The van der Waals surface area contributed by atoms with Gasteiger partial charge in [0.05, 0.1) is 6.61 Å². The van der Waals surface area contributed by atoms with Gasteiger partial charge in [-0.3, -0.25) is 4.84 Å². The van der Waals surface area contributed by atoms with Gasteiger partial charge < -0.3 is 5.73 Å². The molecule has 1 aromatic carbocycles. The van der Waals surface area contributed by atoms with Crippen molar-refractivity contribution in [2.75, 3.05) is 13.1 Å². The molecule has 3 nitrogen and oxygen atoms in total. The van der Waals surface area contributed by atoms with Gasteiger partial charge in [0.2, 0.25) is 0 Å². The highest BCUT2D eigenvalue weighted by Gasteiger charge is 2.10. The van der Waals surface area contributed by atoms with Crippen molar-refractivity contribution in [2.45, 2.75) is 20.5 Å². The summed E-state index contributed by atoms with van der Waals surface area (Å²) in [5, 5.41) is 0. The lowest BCUT2D eigenvalue weighted by molar-refractivity contribution is 0.0165. The first-order valence-corrected chi connectivity index (χ1v) is 5.82. The van der Waals surface area contributed by atoms with E-state index in [1.165, 1.54) is 5.56 Å². The minimum Gasteiger partial charge on any atom is -0.330 e. The summed E-state index contributed by atoms with van der Waals surface area (Å²) < 4.78 is 0. The van der Waals surface area contributed by atoms with Crippen LogP contribution in [0.25, 0.3) is 0 Å². The van der Waals surface area contributed by atoms with Gasteiger partial charge in [0, 0.05) is 6.54 Å². The van der Waals surface area contributed by atoms with Crippen LogP contribution < -0.4 is 11.2 Å². The van der Waals surface area contributed by atoms with E-state index in [9.17, 15) is 0 Å². The summed E-state index contributed by atoms with van der Waals surface area (Å²) in [6.07, 6.45) is 0. The van der Waals surface area contributed by atoms with Crippen LogP contribution >= 0.6 is 0 Å². The van der Waals surface area contributed by atoms with E-state index in [0.29, 0.717) is 25.0 Å². The molecule has 1 atom stereocenters. The maximum atomic E-state index is 5.67. The van der Waals surface area contributed by atoms with Crippen LogP contribution in [0, 0.1) is 11.8 Å². The number of hydrogen-bond acceptors (Lipinski definition) is 3. The molecule has 0 heterocycles. The number of benzene rings is 1. The van der Waals surface area contributed by atoms with Gasteiger partial charge in [-0.25, -0.2) is 5.48 Å². The molecule has 3 N–H and O–H groups in total. The zero-order valence-corrected chi connectivity index (χ0v) is 10.1. The Morgan fingerprint density at radius 3 is 2.50 bits per heavy atom. The minimum atomic E-state index is 0.468. The van der Waals surface area contributed by atoms with E-state index in [0.717, 1.165) is 6.54 Å². The molecule has 16 heavy (non-hydrogen) atoms. The van der Waals surface area contributed by atoms with Crippen LogP contribution in [0.2, 0.25) is 0 Å². The van der Waals surface area contributed by atoms with Gasteiger partial charge in [-0.1, -0.05) is 44.2 Å². The predicted octanol–water partition coefficient (Wildman–Crippen LogP) is 1.94. The Hall–Kier alpha value is -0.900. The predicted molar refractivity (Wildman–Crippen MR) is 66.6 cm³/mol. The number of nitrogens with two attached hydrogens (primary N) is 1. The topological polar surface area (TPSA) is 47.3 Å². The van der Waals surface area contributed by atoms with Crippen molar-refractivity contribution >= 4 is 0 Å². The molecule has 0 saturated heterocycles. The number of hydroxylamine groups is 1.